The molecule has 0 saturated heterocycles. The first kappa shape index (κ1) is 16.7. The fourth-order valence-corrected chi connectivity index (χ4v) is 3.07. The van der Waals surface area contributed by atoms with Crippen LogP contribution in [-0.4, -0.2) is 35.6 Å². The largest absolute Gasteiger partial charge is 0.508 e. The van der Waals surface area contributed by atoms with Crippen LogP contribution in [-0.2, 0) is 9.47 Å². The molecule has 0 aromatic rings. The zero-order valence-corrected chi connectivity index (χ0v) is 13.1. The summed E-state index contributed by atoms with van der Waals surface area (Å²) >= 11 is 3.93. The molecule has 16 heavy (non-hydrogen) atoms. The normalized spacial score (nSPS) is 11.2. The van der Waals surface area contributed by atoms with Crippen LogP contribution >= 0.6 is 44.0 Å². The number of ether oxygens (including phenoxy) is 2. The number of hydrogen-bond donors (Lipinski definition) is 1. The lowest BCUT2D eigenvalue weighted by molar-refractivity contribution is 0.0646. The summed E-state index contributed by atoms with van der Waals surface area (Å²) in [5.74, 6) is 1.45. The van der Waals surface area contributed by atoms with Crippen molar-refractivity contribution < 1.29 is 14.3 Å². The SMILES string of the molecule is CC(C)(C)SSCCOC(=O)OCCSS. The smallest absolute Gasteiger partial charge is 0.433 e. The van der Waals surface area contributed by atoms with Crippen molar-refractivity contribution >= 4 is 50.2 Å². The van der Waals surface area contributed by atoms with Crippen molar-refractivity contribution in [1.82, 2.24) is 0 Å². The maximum Gasteiger partial charge on any atom is 0.508 e. The fourth-order valence-electron chi connectivity index (χ4n) is 0.581. The molecule has 0 aliphatic carbocycles. The average molecular weight is 303 g/mol. The molecular weight excluding hydrogens is 284 g/mol. The molecule has 3 nitrogen and oxygen atoms in total. The summed E-state index contributed by atoms with van der Waals surface area (Å²) in [7, 11) is 4.81. The lowest BCUT2D eigenvalue weighted by atomic mass is 10.3. The molecule has 0 aromatic heterocycles. The van der Waals surface area contributed by atoms with Gasteiger partial charge in [-0.2, -0.15) is 0 Å². The Labute approximate surface area is 114 Å². The minimum atomic E-state index is -0.594. The zero-order chi connectivity index (χ0) is 12.4. The first-order valence-corrected chi connectivity index (χ1v) is 9.18. The summed E-state index contributed by atoms with van der Waals surface area (Å²) in [6.45, 7) is 7.18. The second kappa shape index (κ2) is 9.67. The van der Waals surface area contributed by atoms with E-state index in [1.165, 1.54) is 10.8 Å². The molecule has 0 aliphatic rings. The summed E-state index contributed by atoms with van der Waals surface area (Å²) in [4.78, 5) is 11.0. The van der Waals surface area contributed by atoms with Gasteiger partial charge in [-0.05, 0) is 0 Å². The summed E-state index contributed by atoms with van der Waals surface area (Å²) in [5, 5.41) is 0. The summed E-state index contributed by atoms with van der Waals surface area (Å²) in [5.41, 5.74) is 0. The van der Waals surface area contributed by atoms with Gasteiger partial charge in [0.05, 0.1) is 0 Å². The minimum absolute atomic E-state index is 0.231. The number of carbonyl (C=O) groups is 1. The van der Waals surface area contributed by atoms with Gasteiger partial charge in [0, 0.05) is 16.3 Å². The van der Waals surface area contributed by atoms with Crippen molar-refractivity contribution in [3.05, 3.63) is 0 Å². The molecule has 0 N–H and O–H groups in total. The van der Waals surface area contributed by atoms with Crippen LogP contribution in [0, 0.1) is 0 Å². The van der Waals surface area contributed by atoms with Crippen LogP contribution in [0.25, 0.3) is 0 Å². The van der Waals surface area contributed by atoms with Crippen molar-refractivity contribution in [2.24, 2.45) is 0 Å². The van der Waals surface area contributed by atoms with Crippen molar-refractivity contribution in [3.8, 4) is 0 Å². The topological polar surface area (TPSA) is 35.5 Å². The predicted octanol–water partition coefficient (Wildman–Crippen LogP) is 3.90. The highest BCUT2D eigenvalue weighted by Crippen LogP contribution is 2.34. The molecule has 0 aliphatic heterocycles. The molecule has 0 bridgehead atoms. The lowest BCUT2D eigenvalue weighted by Gasteiger charge is -2.15. The van der Waals surface area contributed by atoms with E-state index in [0.717, 1.165) is 5.75 Å². The van der Waals surface area contributed by atoms with Gasteiger partial charge in [-0.3, -0.25) is 0 Å². The zero-order valence-electron chi connectivity index (χ0n) is 9.73. The number of rotatable bonds is 7. The highest BCUT2D eigenvalue weighted by Gasteiger charge is 2.11. The molecule has 96 valence electrons. The summed E-state index contributed by atoms with van der Waals surface area (Å²) in [6.07, 6.45) is -0.594. The van der Waals surface area contributed by atoms with E-state index in [2.05, 4.69) is 32.4 Å². The number of carbonyl (C=O) groups excluding carboxylic acids is 1. The van der Waals surface area contributed by atoms with Gasteiger partial charge in [0.1, 0.15) is 13.2 Å². The maximum absolute atomic E-state index is 11.0. The molecule has 7 heteroatoms. The van der Waals surface area contributed by atoms with Crippen molar-refractivity contribution in [2.75, 3.05) is 24.7 Å². The monoisotopic (exact) mass is 302 g/mol. The van der Waals surface area contributed by atoms with Crippen molar-refractivity contribution in [2.45, 2.75) is 25.5 Å². The van der Waals surface area contributed by atoms with Crippen molar-refractivity contribution in [1.29, 1.82) is 0 Å². The molecule has 0 spiro atoms. The highest BCUT2D eigenvalue weighted by atomic mass is 33.1. The van der Waals surface area contributed by atoms with Crippen LogP contribution in [0.3, 0.4) is 0 Å². The predicted molar refractivity (Wildman–Crippen MR) is 78.5 cm³/mol. The first-order chi connectivity index (χ1) is 7.45. The van der Waals surface area contributed by atoms with Gasteiger partial charge in [-0.15, -0.1) is 11.7 Å². The molecule has 0 unspecified atom stereocenters. The van der Waals surface area contributed by atoms with Crippen LogP contribution in [0.2, 0.25) is 0 Å². The molecule has 0 aromatic carbocycles. The third-order valence-electron chi connectivity index (χ3n) is 1.09. The second-order valence-electron chi connectivity index (χ2n) is 3.80. The van der Waals surface area contributed by atoms with Gasteiger partial charge in [-0.25, -0.2) is 4.79 Å². The number of thiol groups is 1. The quantitative estimate of drug-likeness (QED) is 0.333. The molecule has 0 radical (unpaired) electrons. The van der Waals surface area contributed by atoms with E-state index in [1.54, 1.807) is 21.6 Å². The molecule has 0 fully saturated rings. The Morgan fingerprint density at radius 3 is 2.25 bits per heavy atom. The standard InChI is InChI=1S/C9H18O3S4/c1-9(2,3)16-15-7-5-12-8(10)11-4-6-14-13/h13H,4-7H2,1-3H3. The average Bonchev–Trinajstić information content (AvgIpc) is 2.16. The minimum Gasteiger partial charge on any atom is -0.433 e. The van der Waals surface area contributed by atoms with E-state index in [4.69, 9.17) is 9.47 Å². The second-order valence-corrected chi connectivity index (χ2v) is 8.48. The van der Waals surface area contributed by atoms with E-state index in [9.17, 15) is 4.79 Å². The third kappa shape index (κ3) is 12.7. The Hall–Kier alpha value is 0.670. The molecule has 0 rings (SSSR count). The van der Waals surface area contributed by atoms with E-state index < -0.39 is 6.16 Å². The summed E-state index contributed by atoms with van der Waals surface area (Å²) in [6, 6.07) is 0. The van der Waals surface area contributed by atoms with Crippen LogP contribution in [0.4, 0.5) is 4.79 Å². The van der Waals surface area contributed by atoms with Gasteiger partial charge in [0.15, 0.2) is 0 Å². The van der Waals surface area contributed by atoms with Gasteiger partial charge >= 0.3 is 6.16 Å². The van der Waals surface area contributed by atoms with E-state index in [1.807, 2.05) is 0 Å². The Bertz CT molecular complexity index is 194. The van der Waals surface area contributed by atoms with E-state index >= 15 is 0 Å². The highest BCUT2D eigenvalue weighted by molar-refractivity contribution is 8.77. The van der Waals surface area contributed by atoms with Gasteiger partial charge < -0.3 is 9.47 Å². The van der Waals surface area contributed by atoms with Crippen LogP contribution in [0.5, 0.6) is 0 Å². The van der Waals surface area contributed by atoms with Gasteiger partial charge in [-0.1, -0.05) is 53.2 Å². The Morgan fingerprint density at radius 1 is 1.19 bits per heavy atom. The molecule has 0 amide bonds. The molecular formula is C9H18O3S4. The van der Waals surface area contributed by atoms with Crippen LogP contribution < -0.4 is 0 Å². The fraction of sp³-hybridized carbons (Fsp3) is 0.889. The Balaban J connectivity index is 3.28. The van der Waals surface area contributed by atoms with Crippen molar-refractivity contribution in [3.63, 3.8) is 0 Å². The third-order valence-corrected chi connectivity index (χ3v) is 5.29. The van der Waals surface area contributed by atoms with Gasteiger partial charge in [0.25, 0.3) is 0 Å². The molecule has 0 atom stereocenters. The maximum atomic E-state index is 11.0. The van der Waals surface area contributed by atoms with Crippen LogP contribution in [0.1, 0.15) is 20.8 Å². The number of hydrogen-bond acceptors (Lipinski definition) is 7. The summed E-state index contributed by atoms with van der Waals surface area (Å²) < 4.78 is 9.89. The van der Waals surface area contributed by atoms with E-state index in [-0.39, 0.29) is 4.75 Å². The van der Waals surface area contributed by atoms with Crippen LogP contribution in [0.15, 0.2) is 0 Å². The molecule has 0 heterocycles. The van der Waals surface area contributed by atoms with E-state index in [0.29, 0.717) is 19.0 Å². The van der Waals surface area contributed by atoms with Gasteiger partial charge in [0.2, 0.25) is 0 Å². The lowest BCUT2D eigenvalue weighted by Crippen LogP contribution is -2.11. The Kier molecular flexibility index (Phi) is 10.1. The Morgan fingerprint density at radius 2 is 1.75 bits per heavy atom. The molecule has 0 saturated carbocycles. The first-order valence-electron chi connectivity index (χ1n) is 4.82.